The molecule has 1 rings (SSSR count). The number of nitrogens with one attached hydrogen (secondary N) is 1. The third-order valence-electron chi connectivity index (χ3n) is 2.56. The van der Waals surface area contributed by atoms with Gasteiger partial charge in [-0.3, -0.25) is 4.79 Å². The van der Waals surface area contributed by atoms with Gasteiger partial charge in [0.1, 0.15) is 5.69 Å². The van der Waals surface area contributed by atoms with Crippen LogP contribution in [0.2, 0.25) is 0 Å². The molecule has 0 saturated carbocycles. The van der Waals surface area contributed by atoms with Crippen molar-refractivity contribution in [3.05, 3.63) is 22.4 Å². The maximum absolute atomic E-state index is 12.1. The summed E-state index contributed by atoms with van der Waals surface area (Å²) in [5.41, 5.74) is 0.614. The lowest BCUT2D eigenvalue weighted by atomic mass is 10.3. The first-order chi connectivity index (χ1) is 8.49. The Morgan fingerprint density at radius 1 is 1.44 bits per heavy atom. The normalized spacial score (nSPS) is 11.3. The fourth-order valence-electron chi connectivity index (χ4n) is 1.58. The van der Waals surface area contributed by atoms with Crippen LogP contribution >= 0.6 is 15.9 Å². The molecule has 0 aliphatic rings. The van der Waals surface area contributed by atoms with E-state index < -0.39 is 6.29 Å². The Morgan fingerprint density at radius 3 is 2.56 bits per heavy atom. The van der Waals surface area contributed by atoms with Crippen LogP contribution in [-0.4, -0.2) is 37.5 Å². The average Bonchev–Trinajstić information content (AvgIpc) is 2.72. The van der Waals surface area contributed by atoms with Crippen molar-refractivity contribution >= 4 is 21.8 Å². The number of carbonyl (C=O) groups is 1. The number of ether oxygens (including phenoxy) is 2. The minimum absolute atomic E-state index is 0.145. The van der Waals surface area contributed by atoms with Crippen molar-refractivity contribution in [2.45, 2.75) is 26.2 Å². The van der Waals surface area contributed by atoms with Crippen LogP contribution in [0.1, 0.15) is 30.4 Å². The number of amides is 1. The van der Waals surface area contributed by atoms with Gasteiger partial charge in [-0.25, -0.2) is 0 Å². The van der Waals surface area contributed by atoms with Crippen molar-refractivity contribution in [1.29, 1.82) is 0 Å². The molecule has 0 unspecified atom stereocenters. The van der Waals surface area contributed by atoms with Crippen molar-refractivity contribution in [3.63, 3.8) is 0 Å². The summed E-state index contributed by atoms with van der Waals surface area (Å²) in [5, 5.41) is 2.78. The fourth-order valence-corrected chi connectivity index (χ4v) is 2.02. The summed E-state index contributed by atoms with van der Waals surface area (Å²) >= 11 is 3.38. The van der Waals surface area contributed by atoms with E-state index in [4.69, 9.17) is 9.47 Å². The second-order valence-electron chi connectivity index (χ2n) is 4.16. The van der Waals surface area contributed by atoms with Gasteiger partial charge in [-0.2, -0.15) is 0 Å². The summed E-state index contributed by atoms with van der Waals surface area (Å²) in [7, 11) is 3.07. The number of carbonyl (C=O) groups excluding carboxylic acids is 1. The highest BCUT2D eigenvalue weighted by atomic mass is 79.9. The molecule has 1 aromatic rings. The minimum Gasteiger partial charge on any atom is -0.354 e. The zero-order valence-electron chi connectivity index (χ0n) is 11.1. The van der Waals surface area contributed by atoms with Crippen LogP contribution in [-0.2, 0) is 9.47 Å². The van der Waals surface area contributed by atoms with Gasteiger partial charge in [0.15, 0.2) is 6.29 Å². The molecule has 0 bridgehead atoms. The van der Waals surface area contributed by atoms with E-state index in [0.29, 0.717) is 12.2 Å². The van der Waals surface area contributed by atoms with Crippen LogP contribution < -0.4 is 5.32 Å². The Bertz CT molecular complexity index is 400. The van der Waals surface area contributed by atoms with Crippen LogP contribution in [0.3, 0.4) is 0 Å². The van der Waals surface area contributed by atoms with Gasteiger partial charge in [0.2, 0.25) is 0 Å². The van der Waals surface area contributed by atoms with Crippen molar-refractivity contribution < 1.29 is 14.3 Å². The van der Waals surface area contributed by atoms with Crippen LogP contribution in [0.4, 0.5) is 0 Å². The van der Waals surface area contributed by atoms with Crippen LogP contribution in [0, 0.1) is 0 Å². The Balaban J connectivity index is 2.72. The first-order valence-corrected chi connectivity index (χ1v) is 6.50. The lowest BCUT2D eigenvalue weighted by Crippen LogP contribution is -2.35. The van der Waals surface area contributed by atoms with E-state index in [2.05, 4.69) is 21.2 Å². The third-order valence-corrected chi connectivity index (χ3v) is 2.99. The van der Waals surface area contributed by atoms with Crippen LogP contribution in [0.15, 0.2) is 16.7 Å². The van der Waals surface area contributed by atoms with E-state index >= 15 is 0 Å². The third kappa shape index (κ3) is 3.83. The van der Waals surface area contributed by atoms with Gasteiger partial charge >= 0.3 is 0 Å². The number of aromatic nitrogens is 1. The number of methoxy groups -OCH3 is 2. The van der Waals surface area contributed by atoms with E-state index in [0.717, 1.165) is 4.47 Å². The van der Waals surface area contributed by atoms with Crippen molar-refractivity contribution in [2.24, 2.45) is 0 Å². The van der Waals surface area contributed by atoms with E-state index in [1.807, 2.05) is 24.6 Å². The maximum atomic E-state index is 12.1. The number of halogens is 1. The number of hydrogen-bond acceptors (Lipinski definition) is 3. The zero-order chi connectivity index (χ0) is 13.7. The Kier molecular flexibility index (Phi) is 5.84. The van der Waals surface area contributed by atoms with Gasteiger partial charge < -0.3 is 19.4 Å². The molecule has 0 fully saturated rings. The molecule has 18 heavy (non-hydrogen) atoms. The molecule has 0 aliphatic heterocycles. The molecular formula is C12H19BrN2O3. The molecule has 0 radical (unpaired) electrons. The second kappa shape index (κ2) is 6.92. The zero-order valence-corrected chi connectivity index (χ0v) is 12.7. The number of rotatable bonds is 6. The van der Waals surface area contributed by atoms with Gasteiger partial charge in [-0.05, 0) is 35.8 Å². The summed E-state index contributed by atoms with van der Waals surface area (Å²) < 4.78 is 12.8. The molecule has 0 saturated heterocycles. The van der Waals surface area contributed by atoms with Crippen molar-refractivity contribution in [3.8, 4) is 0 Å². The molecule has 1 amide bonds. The quantitative estimate of drug-likeness (QED) is 0.818. The van der Waals surface area contributed by atoms with Crippen LogP contribution in [0.5, 0.6) is 0 Å². The van der Waals surface area contributed by atoms with E-state index in [9.17, 15) is 4.79 Å². The lowest BCUT2D eigenvalue weighted by Gasteiger charge is -2.16. The largest absolute Gasteiger partial charge is 0.354 e. The maximum Gasteiger partial charge on any atom is 0.268 e. The SMILES string of the molecule is COC(CNC(=O)c1cc(Br)cn1C(C)C)OC. The standard InChI is InChI=1S/C12H19BrN2O3/c1-8(2)15-7-9(13)5-10(15)12(16)14-6-11(17-3)18-4/h5,7-8,11H,6H2,1-4H3,(H,14,16). The Labute approximate surface area is 116 Å². The fraction of sp³-hybridized carbons (Fsp3) is 0.583. The van der Waals surface area contributed by atoms with Gasteiger partial charge in [0, 0.05) is 30.9 Å². The molecule has 1 N–H and O–H groups in total. The molecular weight excluding hydrogens is 300 g/mol. The van der Waals surface area contributed by atoms with Gasteiger partial charge in [0.25, 0.3) is 5.91 Å². The first kappa shape index (κ1) is 15.2. The van der Waals surface area contributed by atoms with Crippen molar-refractivity contribution in [1.82, 2.24) is 9.88 Å². The predicted octanol–water partition coefficient (Wildman–Crippen LogP) is 2.18. The molecule has 0 spiro atoms. The monoisotopic (exact) mass is 318 g/mol. The molecule has 1 aromatic heterocycles. The first-order valence-electron chi connectivity index (χ1n) is 5.70. The molecule has 6 heteroatoms. The topological polar surface area (TPSA) is 52.5 Å². The van der Waals surface area contributed by atoms with Crippen LogP contribution in [0.25, 0.3) is 0 Å². The molecule has 0 atom stereocenters. The van der Waals surface area contributed by atoms with E-state index in [1.165, 1.54) is 14.2 Å². The molecule has 0 aliphatic carbocycles. The summed E-state index contributed by atoms with van der Waals surface area (Å²) in [6, 6.07) is 2.02. The summed E-state index contributed by atoms with van der Waals surface area (Å²) in [5.74, 6) is -0.145. The second-order valence-corrected chi connectivity index (χ2v) is 5.07. The highest BCUT2D eigenvalue weighted by Gasteiger charge is 2.16. The minimum atomic E-state index is -0.431. The Hall–Kier alpha value is -0.850. The summed E-state index contributed by atoms with van der Waals surface area (Å²) in [6.07, 6.45) is 1.46. The van der Waals surface area contributed by atoms with E-state index in [1.54, 1.807) is 6.07 Å². The molecule has 5 nitrogen and oxygen atoms in total. The van der Waals surface area contributed by atoms with Gasteiger partial charge in [-0.15, -0.1) is 0 Å². The lowest BCUT2D eigenvalue weighted by molar-refractivity contribution is -0.0974. The molecule has 102 valence electrons. The van der Waals surface area contributed by atoms with Gasteiger partial charge in [-0.1, -0.05) is 0 Å². The van der Waals surface area contributed by atoms with Gasteiger partial charge in [0.05, 0.1) is 6.54 Å². The highest BCUT2D eigenvalue weighted by molar-refractivity contribution is 9.10. The summed E-state index contributed by atoms with van der Waals surface area (Å²) in [4.78, 5) is 12.1. The molecule has 0 aromatic carbocycles. The average molecular weight is 319 g/mol. The predicted molar refractivity (Wildman–Crippen MR) is 72.7 cm³/mol. The number of nitrogens with zero attached hydrogens (tertiary/aromatic N) is 1. The summed E-state index contributed by atoms with van der Waals surface area (Å²) in [6.45, 7) is 4.36. The van der Waals surface area contributed by atoms with E-state index in [-0.39, 0.29) is 11.9 Å². The smallest absolute Gasteiger partial charge is 0.268 e. The molecule has 1 heterocycles. The Morgan fingerprint density at radius 2 is 2.06 bits per heavy atom. The number of hydrogen-bond donors (Lipinski definition) is 1. The highest BCUT2D eigenvalue weighted by Crippen LogP contribution is 2.19. The van der Waals surface area contributed by atoms with Crippen molar-refractivity contribution in [2.75, 3.05) is 20.8 Å².